The van der Waals surface area contributed by atoms with E-state index in [1.54, 1.807) is 25.1 Å². The predicted molar refractivity (Wildman–Crippen MR) is 146 cm³/mol. The molecule has 44 heavy (non-hydrogen) atoms. The van der Waals surface area contributed by atoms with Gasteiger partial charge in [-0.25, -0.2) is 19.2 Å². The third kappa shape index (κ3) is 5.61. The second-order valence-electron chi connectivity index (χ2n) is 11.3. The van der Waals surface area contributed by atoms with Gasteiger partial charge in [-0.2, -0.15) is 26.3 Å². The van der Waals surface area contributed by atoms with Gasteiger partial charge in [0.05, 0.1) is 36.0 Å². The molecular formula is C30H29F7N4O3. The lowest BCUT2D eigenvalue weighted by molar-refractivity contribution is -0.143. The minimum absolute atomic E-state index is 0.0347. The predicted octanol–water partition coefficient (Wildman–Crippen LogP) is 7.92. The fourth-order valence-corrected chi connectivity index (χ4v) is 5.80. The number of nitrogens with zero attached hydrogens (tertiary/aromatic N) is 4. The van der Waals surface area contributed by atoms with Crippen LogP contribution in [0.5, 0.6) is 5.75 Å². The van der Waals surface area contributed by atoms with Gasteiger partial charge in [-0.1, -0.05) is 13.8 Å². The van der Waals surface area contributed by atoms with Crippen molar-refractivity contribution in [2.75, 3.05) is 26.1 Å². The summed E-state index contributed by atoms with van der Waals surface area (Å²) in [5.41, 5.74) is -1.77. The molecule has 5 rings (SSSR count). The maximum atomic E-state index is 14.9. The monoisotopic (exact) mass is 626 g/mol. The Hall–Kier alpha value is -4.10. The normalized spacial score (nSPS) is 20.2. The maximum Gasteiger partial charge on any atom is 0.416 e. The summed E-state index contributed by atoms with van der Waals surface area (Å²) in [6.45, 7) is 3.64. The molecule has 3 atom stereocenters. The summed E-state index contributed by atoms with van der Waals surface area (Å²) >= 11 is 0. The molecular weight excluding hydrogens is 597 g/mol. The lowest BCUT2D eigenvalue weighted by Crippen LogP contribution is -2.31. The number of aromatic nitrogens is 2. The Morgan fingerprint density at radius 2 is 1.61 bits per heavy atom. The van der Waals surface area contributed by atoms with Crippen LogP contribution in [0.4, 0.5) is 41.5 Å². The first kappa shape index (κ1) is 31.3. The number of methoxy groups -OCH3 is 1. The molecule has 3 heterocycles. The first-order valence-electron chi connectivity index (χ1n) is 13.7. The van der Waals surface area contributed by atoms with Crippen LogP contribution >= 0.6 is 0 Å². The van der Waals surface area contributed by atoms with E-state index in [1.165, 1.54) is 24.3 Å². The minimum Gasteiger partial charge on any atom is -0.496 e. The van der Waals surface area contributed by atoms with Crippen molar-refractivity contribution >= 4 is 12.0 Å². The van der Waals surface area contributed by atoms with E-state index in [0.717, 1.165) is 0 Å². The molecule has 0 N–H and O–H groups in total. The van der Waals surface area contributed by atoms with Crippen molar-refractivity contribution in [3.63, 3.8) is 0 Å². The van der Waals surface area contributed by atoms with E-state index in [1.807, 2.05) is 13.8 Å². The van der Waals surface area contributed by atoms with Gasteiger partial charge in [0.15, 0.2) is 0 Å². The van der Waals surface area contributed by atoms with Crippen molar-refractivity contribution < 1.29 is 45.0 Å². The molecule has 2 aliphatic heterocycles. The van der Waals surface area contributed by atoms with E-state index in [2.05, 4.69) is 4.98 Å². The number of carbonyl (C=O) groups excluding carboxylic acids is 1. The fraction of sp³-hybridized carbons (Fsp3) is 0.433. The number of fused-ring (bicyclic) bond motifs is 1. The lowest BCUT2D eigenvalue weighted by atomic mass is 9.93. The first-order chi connectivity index (χ1) is 20.5. The smallest absolute Gasteiger partial charge is 0.416 e. The number of hydrogen-bond acceptors (Lipinski definition) is 6. The van der Waals surface area contributed by atoms with Crippen LogP contribution in [0.3, 0.4) is 0 Å². The van der Waals surface area contributed by atoms with Gasteiger partial charge in [0.25, 0.3) is 0 Å². The van der Waals surface area contributed by atoms with Crippen molar-refractivity contribution in [1.29, 1.82) is 0 Å². The molecule has 2 aliphatic rings. The largest absolute Gasteiger partial charge is 0.496 e. The lowest BCUT2D eigenvalue weighted by Gasteiger charge is -2.25. The highest BCUT2D eigenvalue weighted by molar-refractivity contribution is 5.77. The van der Waals surface area contributed by atoms with Crippen LogP contribution in [0.25, 0.3) is 11.1 Å². The Labute approximate surface area is 248 Å². The average molecular weight is 627 g/mol. The molecule has 0 saturated carbocycles. The van der Waals surface area contributed by atoms with Crippen LogP contribution < -0.4 is 9.64 Å². The number of halogens is 7. The molecule has 236 valence electrons. The number of amides is 1. The highest BCUT2D eigenvalue weighted by Crippen LogP contribution is 2.50. The molecule has 2 saturated heterocycles. The van der Waals surface area contributed by atoms with Crippen LogP contribution in [-0.4, -0.2) is 48.2 Å². The van der Waals surface area contributed by atoms with Gasteiger partial charge in [-0.15, -0.1) is 0 Å². The molecule has 0 spiro atoms. The zero-order valence-electron chi connectivity index (χ0n) is 24.3. The van der Waals surface area contributed by atoms with Crippen molar-refractivity contribution in [3.05, 3.63) is 70.3 Å². The summed E-state index contributed by atoms with van der Waals surface area (Å²) in [6, 6.07) is 2.42. The Morgan fingerprint density at radius 1 is 0.977 bits per heavy atom. The zero-order chi connectivity index (χ0) is 32.3. The number of benzene rings is 2. The first-order valence-corrected chi connectivity index (χ1v) is 13.7. The third-order valence-electron chi connectivity index (χ3n) is 7.91. The summed E-state index contributed by atoms with van der Waals surface area (Å²) < 4.78 is 107. The molecule has 1 amide bonds. The molecule has 2 fully saturated rings. The van der Waals surface area contributed by atoms with Crippen molar-refractivity contribution in [3.8, 4) is 16.9 Å². The Bertz CT molecular complexity index is 1560. The number of alkyl halides is 6. The van der Waals surface area contributed by atoms with Crippen LogP contribution in [0.15, 0.2) is 36.5 Å². The summed E-state index contributed by atoms with van der Waals surface area (Å²) in [5, 5.41) is 0. The van der Waals surface area contributed by atoms with E-state index in [-0.39, 0.29) is 36.5 Å². The van der Waals surface area contributed by atoms with Gasteiger partial charge in [0.2, 0.25) is 5.95 Å². The van der Waals surface area contributed by atoms with Crippen molar-refractivity contribution in [2.24, 2.45) is 0 Å². The van der Waals surface area contributed by atoms with Crippen LogP contribution in [-0.2, 0) is 17.1 Å². The zero-order valence-corrected chi connectivity index (χ0v) is 24.3. The van der Waals surface area contributed by atoms with Gasteiger partial charge in [0, 0.05) is 37.5 Å². The number of cyclic esters (lactones) is 1. The number of carbonyl (C=O) groups is 1. The van der Waals surface area contributed by atoms with E-state index >= 15 is 0 Å². The Morgan fingerprint density at radius 3 is 2.16 bits per heavy atom. The molecule has 1 aromatic heterocycles. The van der Waals surface area contributed by atoms with E-state index in [4.69, 9.17) is 14.5 Å². The van der Waals surface area contributed by atoms with Gasteiger partial charge in [-0.3, -0.25) is 4.90 Å². The fourth-order valence-electron chi connectivity index (χ4n) is 5.80. The van der Waals surface area contributed by atoms with Gasteiger partial charge < -0.3 is 14.4 Å². The second kappa shape index (κ2) is 11.1. The Balaban J connectivity index is 1.62. The summed E-state index contributed by atoms with van der Waals surface area (Å²) in [6.07, 6.45) is -10.4. The number of hydrogen-bond donors (Lipinski definition) is 0. The van der Waals surface area contributed by atoms with Crippen LogP contribution in [0, 0.1) is 5.82 Å². The van der Waals surface area contributed by atoms with Crippen molar-refractivity contribution in [2.45, 2.75) is 63.1 Å². The van der Waals surface area contributed by atoms with Crippen LogP contribution in [0.2, 0.25) is 0 Å². The highest BCUT2D eigenvalue weighted by atomic mass is 19.4. The standard InChI is InChI=1S/C30H29F7N4O3/c1-14(2)18-11-19(24(43-5)12-21(18)31)20-13-38-27(40(3)4)39-25(20)22-6-7-23-26(44-28(42)41(22)23)15-8-16(29(32,33)34)10-17(9-15)30(35,36)37/h8-14,22-23,26H,6-7H2,1-5H3/t22-,23?,26+/m0/s1. The molecule has 1 unspecified atom stereocenters. The van der Waals surface area contributed by atoms with E-state index in [0.29, 0.717) is 34.5 Å². The molecule has 0 bridgehead atoms. The quantitative estimate of drug-likeness (QED) is 0.259. The Kier molecular flexibility index (Phi) is 7.91. The molecule has 7 nitrogen and oxygen atoms in total. The summed E-state index contributed by atoms with van der Waals surface area (Å²) in [5.74, 6) is -0.188. The molecule has 0 radical (unpaired) electrons. The average Bonchev–Trinajstić information content (AvgIpc) is 3.52. The molecule has 3 aromatic rings. The summed E-state index contributed by atoms with van der Waals surface area (Å²) in [4.78, 5) is 25.4. The van der Waals surface area contributed by atoms with E-state index < -0.39 is 59.1 Å². The van der Waals surface area contributed by atoms with Gasteiger partial charge in [0.1, 0.15) is 17.7 Å². The maximum absolute atomic E-state index is 14.9. The van der Waals surface area contributed by atoms with E-state index in [9.17, 15) is 35.5 Å². The minimum atomic E-state index is -5.06. The van der Waals surface area contributed by atoms with Crippen LogP contribution in [0.1, 0.15) is 72.7 Å². The molecule has 2 aromatic carbocycles. The summed E-state index contributed by atoms with van der Waals surface area (Å²) in [7, 11) is 4.79. The third-order valence-corrected chi connectivity index (χ3v) is 7.91. The topological polar surface area (TPSA) is 67.8 Å². The second-order valence-corrected chi connectivity index (χ2v) is 11.3. The SMILES string of the molecule is COc1cc(F)c(C(C)C)cc1-c1cnc(N(C)C)nc1[C@@H]1CCC2[C@@H](c3cc(C(F)(F)F)cc(C(F)(F)F)c3)OC(=O)N21. The van der Waals surface area contributed by atoms with Crippen molar-refractivity contribution in [1.82, 2.24) is 14.9 Å². The van der Waals surface area contributed by atoms with Gasteiger partial charge >= 0.3 is 18.4 Å². The number of ether oxygens (including phenoxy) is 2. The molecule has 14 heteroatoms. The highest BCUT2D eigenvalue weighted by Gasteiger charge is 2.52. The van der Waals surface area contributed by atoms with Gasteiger partial charge in [-0.05, 0) is 54.2 Å². The number of rotatable bonds is 6. The molecule has 0 aliphatic carbocycles. The number of anilines is 1.